The predicted molar refractivity (Wildman–Crippen MR) is 166 cm³/mol. The smallest absolute Gasteiger partial charge is 0.406 e. The molecule has 1 aliphatic heterocycles. The normalized spacial score (nSPS) is 14.7. The molecule has 1 aromatic heterocycles. The highest BCUT2D eigenvalue weighted by Gasteiger charge is 2.36. The Labute approximate surface area is 271 Å². The highest BCUT2D eigenvalue weighted by atomic mass is 32.2. The molecule has 0 atom stereocenters. The van der Waals surface area contributed by atoms with Gasteiger partial charge in [-0.3, -0.25) is 19.9 Å². The molecule has 0 radical (unpaired) electrons. The first-order chi connectivity index (χ1) is 22.2. The summed E-state index contributed by atoms with van der Waals surface area (Å²) in [6, 6.07) is 14.4. The summed E-state index contributed by atoms with van der Waals surface area (Å²) in [5.41, 5.74) is 2.87. The standard InChI is InChI=1S/C29H19F6N7O3S2/c1-16(43)22-11-6-19(28(30,31)32)12-23(22)42-24(44)14-47-27(42)38-26(46)39-37-13-17-2-4-18(5-3-17)25-36-15-41(40-25)20-7-9-21(10-8-20)45-29(33,34)35/h2-13,15H,14H2,1H3,(H,39,46)/b37-13+,38-27?. The number of halogens is 6. The number of benzene rings is 3. The van der Waals surface area contributed by atoms with Gasteiger partial charge in [0.1, 0.15) is 12.1 Å². The molecular weight excluding hydrogens is 672 g/mol. The third kappa shape index (κ3) is 8.20. The Morgan fingerprint density at radius 2 is 1.74 bits per heavy atom. The first-order valence-electron chi connectivity index (χ1n) is 13.2. The van der Waals surface area contributed by atoms with E-state index in [9.17, 15) is 35.9 Å². The van der Waals surface area contributed by atoms with Crippen molar-refractivity contribution in [1.29, 1.82) is 0 Å². The number of carbonyl (C=O) groups is 2. The number of hydrogen-bond donors (Lipinski definition) is 1. The second-order valence-corrected chi connectivity index (χ2v) is 10.9. The Hall–Kier alpha value is -5.10. The molecule has 0 unspecified atom stereocenters. The summed E-state index contributed by atoms with van der Waals surface area (Å²) in [6.07, 6.45) is -6.68. The lowest BCUT2D eigenvalue weighted by Crippen LogP contribution is -2.32. The van der Waals surface area contributed by atoms with E-state index in [1.54, 1.807) is 24.3 Å². The minimum absolute atomic E-state index is 0.0219. The molecule has 1 fully saturated rings. The van der Waals surface area contributed by atoms with Crippen LogP contribution >= 0.6 is 24.0 Å². The Bertz CT molecular complexity index is 1890. The van der Waals surface area contributed by atoms with Crippen molar-refractivity contribution in [3.05, 3.63) is 89.7 Å². The van der Waals surface area contributed by atoms with E-state index in [0.717, 1.165) is 47.0 Å². The number of ketones is 1. The third-order valence-electron chi connectivity index (χ3n) is 6.28. The number of nitrogens with zero attached hydrogens (tertiary/aromatic N) is 6. The molecule has 2 heterocycles. The molecule has 0 saturated carbocycles. The number of aliphatic imine (C=N–C) groups is 1. The maximum atomic E-state index is 13.4. The first-order valence-corrected chi connectivity index (χ1v) is 14.6. The lowest BCUT2D eigenvalue weighted by molar-refractivity contribution is -0.274. The first kappa shape index (κ1) is 33.3. The summed E-state index contributed by atoms with van der Waals surface area (Å²) in [5.74, 6) is -1.25. The number of amides is 1. The minimum Gasteiger partial charge on any atom is -0.406 e. The molecule has 1 aliphatic rings. The highest BCUT2D eigenvalue weighted by molar-refractivity contribution is 8.15. The number of carbonyl (C=O) groups excluding carboxylic acids is 2. The van der Waals surface area contributed by atoms with Crippen LogP contribution in [0.2, 0.25) is 0 Å². The van der Waals surface area contributed by atoms with Gasteiger partial charge in [0.2, 0.25) is 11.0 Å². The predicted octanol–water partition coefficient (Wildman–Crippen LogP) is 6.40. The number of ether oxygens (including phenoxy) is 1. The molecule has 1 saturated heterocycles. The Morgan fingerprint density at radius 3 is 2.38 bits per heavy atom. The molecule has 0 bridgehead atoms. The van der Waals surface area contributed by atoms with E-state index in [0.29, 0.717) is 22.6 Å². The maximum absolute atomic E-state index is 13.4. The van der Waals surface area contributed by atoms with Crippen molar-refractivity contribution >= 4 is 57.9 Å². The van der Waals surface area contributed by atoms with Crippen LogP contribution in [-0.4, -0.2) is 55.1 Å². The quantitative estimate of drug-likeness (QED) is 0.0780. The van der Waals surface area contributed by atoms with Gasteiger partial charge in [0, 0.05) is 11.1 Å². The highest BCUT2D eigenvalue weighted by Crippen LogP contribution is 2.36. The lowest BCUT2D eigenvalue weighted by Gasteiger charge is -2.20. The molecule has 10 nitrogen and oxygen atoms in total. The molecule has 4 aromatic rings. The summed E-state index contributed by atoms with van der Waals surface area (Å²) in [5, 5.41) is 8.14. The van der Waals surface area contributed by atoms with Crippen LogP contribution in [0.25, 0.3) is 17.1 Å². The van der Waals surface area contributed by atoms with Gasteiger partial charge < -0.3 is 4.74 Å². The average molecular weight is 692 g/mol. The van der Waals surface area contributed by atoms with E-state index < -0.39 is 29.8 Å². The summed E-state index contributed by atoms with van der Waals surface area (Å²) in [6.45, 7) is 1.18. The zero-order valence-corrected chi connectivity index (χ0v) is 25.3. The fourth-order valence-electron chi connectivity index (χ4n) is 4.18. The van der Waals surface area contributed by atoms with Gasteiger partial charge >= 0.3 is 12.5 Å². The topological polar surface area (TPSA) is 114 Å². The number of nitrogens with one attached hydrogen (secondary N) is 1. The number of rotatable bonds is 7. The molecule has 242 valence electrons. The van der Waals surface area contributed by atoms with Crippen LogP contribution in [0.4, 0.5) is 32.0 Å². The molecule has 5 rings (SSSR count). The number of amidine groups is 1. The summed E-state index contributed by atoms with van der Waals surface area (Å²) in [4.78, 5) is 34.1. The van der Waals surface area contributed by atoms with E-state index in [-0.39, 0.29) is 33.0 Å². The summed E-state index contributed by atoms with van der Waals surface area (Å²) < 4.78 is 82.6. The molecular formula is C29H19F6N7O3S2. The summed E-state index contributed by atoms with van der Waals surface area (Å²) >= 11 is 6.13. The monoisotopic (exact) mass is 691 g/mol. The fraction of sp³-hybridized carbons (Fsp3) is 0.138. The van der Waals surface area contributed by atoms with Crippen molar-refractivity contribution in [1.82, 2.24) is 20.2 Å². The van der Waals surface area contributed by atoms with Gasteiger partial charge in [-0.1, -0.05) is 36.0 Å². The van der Waals surface area contributed by atoms with Crippen molar-refractivity contribution < 1.29 is 40.7 Å². The molecule has 1 N–H and O–H groups in total. The van der Waals surface area contributed by atoms with Crippen molar-refractivity contribution in [3.63, 3.8) is 0 Å². The van der Waals surface area contributed by atoms with Crippen molar-refractivity contribution in [3.8, 4) is 22.8 Å². The molecule has 1 amide bonds. The number of alkyl halides is 6. The Kier molecular flexibility index (Phi) is 9.43. The molecule has 47 heavy (non-hydrogen) atoms. The van der Waals surface area contributed by atoms with Crippen LogP contribution in [0.15, 0.2) is 83.2 Å². The number of thioether (sulfide) groups is 1. The van der Waals surface area contributed by atoms with E-state index in [1.165, 1.54) is 36.3 Å². The van der Waals surface area contributed by atoms with Gasteiger partial charge in [0.15, 0.2) is 16.8 Å². The van der Waals surface area contributed by atoms with Crippen molar-refractivity contribution in [2.24, 2.45) is 10.1 Å². The molecule has 0 aliphatic carbocycles. The number of thiocarbonyl (C=S) groups is 1. The second-order valence-electron chi connectivity index (χ2n) is 9.55. The van der Waals surface area contributed by atoms with Gasteiger partial charge in [-0.05, 0) is 67.2 Å². The SMILES string of the molecule is CC(=O)c1ccc(C(F)(F)F)cc1N1C(=O)CSC1=NC(=S)N/N=C/c1ccc(-c2ncn(-c3ccc(OC(F)(F)F)cc3)n2)cc1. The van der Waals surface area contributed by atoms with Crippen LogP contribution in [0.1, 0.15) is 28.4 Å². The van der Waals surface area contributed by atoms with Crippen molar-refractivity contribution in [2.75, 3.05) is 10.7 Å². The van der Waals surface area contributed by atoms with Crippen LogP contribution < -0.4 is 15.1 Å². The van der Waals surface area contributed by atoms with Gasteiger partial charge in [0.25, 0.3) is 0 Å². The zero-order chi connectivity index (χ0) is 33.9. The average Bonchev–Trinajstić information content (AvgIpc) is 3.63. The van der Waals surface area contributed by atoms with E-state index >= 15 is 0 Å². The Morgan fingerprint density at radius 1 is 1.04 bits per heavy atom. The number of hydrogen-bond acceptors (Lipinski definition) is 8. The third-order valence-corrected chi connectivity index (χ3v) is 7.38. The zero-order valence-electron chi connectivity index (χ0n) is 23.7. The van der Waals surface area contributed by atoms with Crippen LogP contribution in [-0.2, 0) is 11.0 Å². The maximum Gasteiger partial charge on any atom is 0.573 e. The molecule has 18 heteroatoms. The van der Waals surface area contributed by atoms with E-state index in [1.807, 2.05) is 0 Å². The van der Waals surface area contributed by atoms with Crippen LogP contribution in [0.3, 0.4) is 0 Å². The van der Waals surface area contributed by atoms with E-state index in [2.05, 4.69) is 30.3 Å². The summed E-state index contributed by atoms with van der Waals surface area (Å²) in [7, 11) is 0. The molecule has 3 aromatic carbocycles. The lowest BCUT2D eigenvalue weighted by atomic mass is 10.0. The van der Waals surface area contributed by atoms with Crippen LogP contribution in [0, 0.1) is 0 Å². The van der Waals surface area contributed by atoms with E-state index in [4.69, 9.17) is 12.2 Å². The number of aromatic nitrogens is 3. The minimum atomic E-state index is -4.80. The number of Topliss-reactive ketones (excluding diaryl/α,β-unsaturated/α-hetero) is 1. The fourth-order valence-corrected chi connectivity index (χ4v) is 5.25. The largest absolute Gasteiger partial charge is 0.573 e. The Balaban J connectivity index is 1.24. The number of hydrazone groups is 1. The van der Waals surface area contributed by atoms with Gasteiger partial charge in [-0.15, -0.1) is 18.3 Å². The van der Waals surface area contributed by atoms with Crippen LogP contribution in [0.5, 0.6) is 5.75 Å². The van der Waals surface area contributed by atoms with Gasteiger partial charge in [-0.25, -0.2) is 9.67 Å². The number of anilines is 1. The van der Waals surface area contributed by atoms with Gasteiger partial charge in [-0.2, -0.15) is 23.3 Å². The van der Waals surface area contributed by atoms with Gasteiger partial charge in [0.05, 0.1) is 28.9 Å². The molecule has 0 spiro atoms. The second kappa shape index (κ2) is 13.3. The van der Waals surface area contributed by atoms with Crippen molar-refractivity contribution in [2.45, 2.75) is 19.5 Å².